The summed E-state index contributed by atoms with van der Waals surface area (Å²) in [6.07, 6.45) is 15.2. The molecule has 0 saturated carbocycles. The highest BCUT2D eigenvalue weighted by molar-refractivity contribution is 7.80. The van der Waals surface area contributed by atoms with E-state index >= 15 is 0 Å². The van der Waals surface area contributed by atoms with Gasteiger partial charge in [-0.15, -0.1) is 12.6 Å². The number of unbranched alkanes of at least 4 members (excludes halogenated alkanes) is 9. The van der Waals surface area contributed by atoms with Gasteiger partial charge in [0.2, 0.25) is 0 Å². The molecular weight excluding hydrogens is 238 g/mol. The zero-order valence-corrected chi connectivity index (χ0v) is 12.8. The van der Waals surface area contributed by atoms with E-state index in [1.807, 2.05) is 6.07 Å². The zero-order chi connectivity index (χ0) is 13.1. The second kappa shape index (κ2) is 10.5. The predicted molar refractivity (Wildman–Crippen MR) is 83.6 cm³/mol. The van der Waals surface area contributed by atoms with Gasteiger partial charge in [0.1, 0.15) is 0 Å². The Labute approximate surface area is 118 Å². The highest BCUT2D eigenvalue weighted by atomic mass is 32.1. The highest BCUT2D eigenvalue weighted by Gasteiger charge is 1.96. The summed E-state index contributed by atoms with van der Waals surface area (Å²) in [5.74, 6) is 0. The lowest BCUT2D eigenvalue weighted by molar-refractivity contribution is 0.555. The molecule has 104 valence electrons. The molecule has 18 heavy (non-hydrogen) atoms. The maximum Gasteiger partial charge on any atom is 0.0692 e. The van der Waals surface area contributed by atoms with Gasteiger partial charge in [-0.25, -0.2) is 0 Å². The van der Waals surface area contributed by atoms with Crippen molar-refractivity contribution in [1.29, 1.82) is 0 Å². The van der Waals surface area contributed by atoms with Gasteiger partial charge < -0.3 is 4.98 Å². The van der Waals surface area contributed by atoms with E-state index in [1.165, 1.54) is 76.3 Å². The van der Waals surface area contributed by atoms with E-state index in [-0.39, 0.29) is 0 Å². The van der Waals surface area contributed by atoms with E-state index < -0.39 is 0 Å². The molecule has 2 heteroatoms. The molecule has 1 aromatic rings. The van der Waals surface area contributed by atoms with E-state index in [4.69, 9.17) is 0 Å². The van der Waals surface area contributed by atoms with Crippen LogP contribution in [0.4, 0.5) is 0 Å². The third-order valence-corrected chi connectivity index (χ3v) is 3.79. The Morgan fingerprint density at radius 2 is 1.39 bits per heavy atom. The maximum absolute atomic E-state index is 4.28. The summed E-state index contributed by atoms with van der Waals surface area (Å²) in [6.45, 7) is 2.28. The Kier molecular flexibility index (Phi) is 9.19. The van der Waals surface area contributed by atoms with Crippen LogP contribution in [0.25, 0.3) is 0 Å². The minimum atomic E-state index is 0.983. The maximum atomic E-state index is 4.28. The molecule has 1 rings (SSSR count). The van der Waals surface area contributed by atoms with Gasteiger partial charge in [0, 0.05) is 5.69 Å². The molecule has 1 nitrogen and oxygen atoms in total. The van der Waals surface area contributed by atoms with Crippen LogP contribution in [0.3, 0.4) is 0 Å². The molecule has 0 unspecified atom stereocenters. The molecule has 0 aliphatic rings. The highest BCUT2D eigenvalue weighted by Crippen LogP contribution is 2.13. The van der Waals surface area contributed by atoms with Gasteiger partial charge in [-0.3, -0.25) is 0 Å². The van der Waals surface area contributed by atoms with Gasteiger partial charge in [-0.2, -0.15) is 0 Å². The number of H-pyrrole nitrogens is 1. The molecule has 0 aliphatic heterocycles. The number of hydrogen-bond donors (Lipinski definition) is 2. The first-order valence-electron chi connectivity index (χ1n) is 7.69. The number of aryl methyl sites for hydroxylation is 1. The first-order valence-corrected chi connectivity index (χ1v) is 8.14. The number of rotatable bonds is 11. The van der Waals surface area contributed by atoms with Gasteiger partial charge in [-0.1, -0.05) is 64.7 Å². The molecule has 1 N–H and O–H groups in total. The summed E-state index contributed by atoms with van der Waals surface area (Å²) in [5.41, 5.74) is 1.33. The van der Waals surface area contributed by atoms with Crippen molar-refractivity contribution >= 4 is 12.6 Å². The minimum absolute atomic E-state index is 0.983. The van der Waals surface area contributed by atoms with Crippen LogP contribution in [-0.2, 0) is 6.42 Å². The Balaban J connectivity index is 1.81. The Morgan fingerprint density at radius 3 is 1.89 bits per heavy atom. The summed E-state index contributed by atoms with van der Waals surface area (Å²) in [4.78, 5) is 3.27. The quantitative estimate of drug-likeness (QED) is 0.374. The number of hydrogen-bond acceptors (Lipinski definition) is 1. The van der Waals surface area contributed by atoms with E-state index in [1.54, 1.807) is 0 Å². The zero-order valence-electron chi connectivity index (χ0n) is 11.9. The van der Waals surface area contributed by atoms with Crippen molar-refractivity contribution in [2.75, 3.05) is 0 Å². The van der Waals surface area contributed by atoms with Crippen molar-refractivity contribution in [3.8, 4) is 0 Å². The van der Waals surface area contributed by atoms with Crippen molar-refractivity contribution in [3.05, 3.63) is 17.8 Å². The van der Waals surface area contributed by atoms with E-state index in [2.05, 4.69) is 30.6 Å². The normalized spacial score (nSPS) is 11.0. The van der Waals surface area contributed by atoms with Crippen LogP contribution >= 0.6 is 12.6 Å². The van der Waals surface area contributed by atoms with Crippen LogP contribution in [0.2, 0.25) is 0 Å². The third kappa shape index (κ3) is 7.86. The van der Waals surface area contributed by atoms with Crippen LogP contribution in [0.15, 0.2) is 17.2 Å². The average molecular weight is 267 g/mol. The smallest absolute Gasteiger partial charge is 0.0692 e. The predicted octanol–water partition coefficient (Wildman–Crippen LogP) is 5.77. The van der Waals surface area contributed by atoms with Crippen molar-refractivity contribution < 1.29 is 0 Å². The van der Waals surface area contributed by atoms with Gasteiger partial charge in [0.15, 0.2) is 0 Å². The SMILES string of the molecule is CCCCCCCCCCCCc1ccc(S)[nH]1. The Hall–Kier alpha value is -0.370. The molecule has 0 saturated heterocycles. The molecule has 0 aliphatic carbocycles. The lowest BCUT2D eigenvalue weighted by Gasteiger charge is -2.02. The molecule has 0 fully saturated rings. The standard InChI is InChI=1S/C16H29NS/c1-2-3-4-5-6-7-8-9-10-11-12-15-13-14-16(18)17-15/h13-14,17-18H,2-12H2,1H3. The van der Waals surface area contributed by atoms with Crippen molar-refractivity contribution in [2.24, 2.45) is 0 Å². The van der Waals surface area contributed by atoms with Gasteiger partial charge in [-0.05, 0) is 25.0 Å². The number of aromatic amines is 1. The molecule has 0 amide bonds. The summed E-state index contributed by atoms with van der Waals surface area (Å²) in [5, 5.41) is 0.983. The van der Waals surface area contributed by atoms with Crippen LogP contribution in [0.1, 0.15) is 76.8 Å². The summed E-state index contributed by atoms with van der Waals surface area (Å²) < 4.78 is 0. The second-order valence-electron chi connectivity index (χ2n) is 5.30. The number of thiol groups is 1. The molecular formula is C16H29NS. The average Bonchev–Trinajstić information content (AvgIpc) is 2.77. The second-order valence-corrected chi connectivity index (χ2v) is 5.78. The topological polar surface area (TPSA) is 15.8 Å². The number of aromatic nitrogens is 1. The molecule has 0 radical (unpaired) electrons. The van der Waals surface area contributed by atoms with Crippen molar-refractivity contribution in [3.63, 3.8) is 0 Å². The van der Waals surface area contributed by atoms with Gasteiger partial charge in [0.25, 0.3) is 0 Å². The van der Waals surface area contributed by atoms with Crippen LogP contribution < -0.4 is 0 Å². The van der Waals surface area contributed by atoms with Crippen LogP contribution in [-0.4, -0.2) is 4.98 Å². The lowest BCUT2D eigenvalue weighted by atomic mass is 10.1. The lowest BCUT2D eigenvalue weighted by Crippen LogP contribution is -1.86. The van der Waals surface area contributed by atoms with E-state index in [9.17, 15) is 0 Å². The summed E-state index contributed by atoms with van der Waals surface area (Å²) >= 11 is 4.28. The molecule has 0 aromatic carbocycles. The van der Waals surface area contributed by atoms with Gasteiger partial charge >= 0.3 is 0 Å². The molecule has 1 heterocycles. The summed E-state index contributed by atoms with van der Waals surface area (Å²) in [6, 6.07) is 4.19. The van der Waals surface area contributed by atoms with Crippen LogP contribution in [0.5, 0.6) is 0 Å². The van der Waals surface area contributed by atoms with Crippen molar-refractivity contribution in [1.82, 2.24) is 4.98 Å². The Bertz CT molecular complexity index is 293. The molecule has 0 bridgehead atoms. The Morgan fingerprint density at radius 1 is 0.833 bits per heavy atom. The fraction of sp³-hybridized carbons (Fsp3) is 0.750. The fourth-order valence-electron chi connectivity index (χ4n) is 2.38. The first kappa shape index (κ1) is 15.7. The third-order valence-electron chi connectivity index (χ3n) is 3.53. The first-order chi connectivity index (χ1) is 8.83. The summed E-state index contributed by atoms with van der Waals surface area (Å²) in [7, 11) is 0. The monoisotopic (exact) mass is 267 g/mol. The minimum Gasteiger partial charge on any atom is -0.354 e. The molecule has 0 spiro atoms. The largest absolute Gasteiger partial charge is 0.354 e. The molecule has 1 aromatic heterocycles. The van der Waals surface area contributed by atoms with Crippen molar-refractivity contribution in [2.45, 2.75) is 82.6 Å². The van der Waals surface area contributed by atoms with E-state index in [0.29, 0.717) is 0 Å². The fourth-order valence-corrected chi connectivity index (χ4v) is 2.59. The number of nitrogens with one attached hydrogen (secondary N) is 1. The molecule has 0 atom stereocenters. The van der Waals surface area contributed by atoms with Gasteiger partial charge in [0.05, 0.1) is 5.03 Å². The van der Waals surface area contributed by atoms with E-state index in [0.717, 1.165) is 5.03 Å². The van der Waals surface area contributed by atoms with Crippen LogP contribution in [0, 0.1) is 0 Å².